The fourth-order valence-corrected chi connectivity index (χ4v) is 4.44. The predicted octanol–water partition coefficient (Wildman–Crippen LogP) is 3.59. The van der Waals surface area contributed by atoms with Crippen LogP contribution in [0.1, 0.15) is 44.0 Å². The summed E-state index contributed by atoms with van der Waals surface area (Å²) in [6, 6.07) is 4.48. The Bertz CT molecular complexity index is 642. The number of amides is 1. The third-order valence-corrected chi connectivity index (χ3v) is 6.07. The summed E-state index contributed by atoms with van der Waals surface area (Å²) < 4.78 is 16.0. The van der Waals surface area contributed by atoms with Gasteiger partial charge in [-0.15, -0.1) is 11.8 Å². The van der Waals surface area contributed by atoms with Crippen molar-refractivity contribution in [2.75, 3.05) is 26.6 Å². The molecule has 1 aromatic rings. The van der Waals surface area contributed by atoms with Crippen LogP contribution in [0.15, 0.2) is 18.2 Å². The van der Waals surface area contributed by atoms with Gasteiger partial charge in [-0.3, -0.25) is 4.79 Å². The molecule has 1 aromatic carbocycles. The molecule has 1 aliphatic rings. The molecule has 1 amide bonds. The molecule has 27 heavy (non-hydrogen) atoms. The third-order valence-electron chi connectivity index (χ3n) is 4.45. The Labute approximate surface area is 165 Å². The van der Waals surface area contributed by atoms with Gasteiger partial charge in [-0.05, 0) is 24.5 Å². The van der Waals surface area contributed by atoms with Gasteiger partial charge in [-0.1, -0.05) is 27.2 Å². The first kappa shape index (κ1) is 21.4. The number of carbonyl (C=O) groups is 2. The SMILES string of the molecule is CCCCOC(=O)[C@H]1CS[C@H](C(C)C)N1C(=O)c1cc(OC)cc(OC)c1. The van der Waals surface area contributed by atoms with E-state index in [1.54, 1.807) is 49.1 Å². The van der Waals surface area contributed by atoms with Gasteiger partial charge in [0.2, 0.25) is 0 Å². The van der Waals surface area contributed by atoms with Crippen LogP contribution in [0.3, 0.4) is 0 Å². The number of benzene rings is 1. The molecule has 0 aliphatic carbocycles. The van der Waals surface area contributed by atoms with Crippen LogP contribution in [0.25, 0.3) is 0 Å². The molecular formula is C20H29NO5S. The van der Waals surface area contributed by atoms with Crippen LogP contribution in [-0.4, -0.2) is 54.8 Å². The molecule has 1 fully saturated rings. The van der Waals surface area contributed by atoms with Gasteiger partial charge in [-0.25, -0.2) is 4.79 Å². The maximum atomic E-state index is 13.3. The van der Waals surface area contributed by atoms with E-state index in [0.29, 0.717) is 29.4 Å². The molecule has 0 saturated carbocycles. The van der Waals surface area contributed by atoms with Gasteiger partial charge in [0, 0.05) is 17.4 Å². The monoisotopic (exact) mass is 395 g/mol. The lowest BCUT2D eigenvalue weighted by Crippen LogP contribution is -2.47. The van der Waals surface area contributed by atoms with E-state index in [1.807, 2.05) is 6.92 Å². The molecular weight excluding hydrogens is 366 g/mol. The van der Waals surface area contributed by atoms with Gasteiger partial charge in [0.1, 0.15) is 17.5 Å². The number of esters is 1. The molecule has 7 heteroatoms. The Morgan fingerprint density at radius 1 is 1.19 bits per heavy atom. The van der Waals surface area contributed by atoms with E-state index in [1.165, 1.54) is 0 Å². The minimum Gasteiger partial charge on any atom is -0.497 e. The van der Waals surface area contributed by atoms with Crippen LogP contribution in [-0.2, 0) is 9.53 Å². The smallest absolute Gasteiger partial charge is 0.329 e. The van der Waals surface area contributed by atoms with Crippen molar-refractivity contribution >= 4 is 23.6 Å². The first-order valence-electron chi connectivity index (χ1n) is 9.26. The molecule has 0 unspecified atom stereocenters. The van der Waals surface area contributed by atoms with Crippen LogP contribution < -0.4 is 9.47 Å². The maximum absolute atomic E-state index is 13.3. The number of hydrogen-bond acceptors (Lipinski definition) is 6. The molecule has 150 valence electrons. The van der Waals surface area contributed by atoms with Crippen molar-refractivity contribution in [3.8, 4) is 11.5 Å². The van der Waals surface area contributed by atoms with E-state index in [-0.39, 0.29) is 23.2 Å². The largest absolute Gasteiger partial charge is 0.497 e. The summed E-state index contributed by atoms with van der Waals surface area (Å²) in [5.41, 5.74) is 0.436. The van der Waals surface area contributed by atoms with E-state index in [4.69, 9.17) is 14.2 Å². The highest BCUT2D eigenvalue weighted by Crippen LogP contribution is 2.36. The summed E-state index contributed by atoms with van der Waals surface area (Å²) in [6.45, 7) is 6.53. The van der Waals surface area contributed by atoms with Crippen molar-refractivity contribution in [3.63, 3.8) is 0 Å². The summed E-state index contributed by atoms with van der Waals surface area (Å²) in [5, 5.41) is -0.0848. The van der Waals surface area contributed by atoms with Crippen LogP contribution in [0.4, 0.5) is 0 Å². The number of unbranched alkanes of at least 4 members (excludes halogenated alkanes) is 1. The maximum Gasteiger partial charge on any atom is 0.329 e. The summed E-state index contributed by atoms with van der Waals surface area (Å²) >= 11 is 1.62. The topological polar surface area (TPSA) is 65.1 Å². The number of nitrogens with zero attached hydrogens (tertiary/aromatic N) is 1. The Morgan fingerprint density at radius 2 is 1.81 bits per heavy atom. The first-order chi connectivity index (χ1) is 12.9. The minimum absolute atomic E-state index is 0.0848. The minimum atomic E-state index is -0.580. The highest BCUT2D eigenvalue weighted by Gasteiger charge is 2.44. The second-order valence-corrected chi connectivity index (χ2v) is 7.97. The van der Waals surface area contributed by atoms with Gasteiger partial charge < -0.3 is 19.1 Å². The Morgan fingerprint density at radius 3 is 2.33 bits per heavy atom. The number of hydrogen-bond donors (Lipinski definition) is 0. The van der Waals surface area contributed by atoms with Crippen LogP contribution in [0.2, 0.25) is 0 Å². The zero-order valence-electron chi connectivity index (χ0n) is 16.7. The number of rotatable bonds is 8. The standard InChI is InChI=1S/C20H29NO5S/c1-6-7-8-26-20(23)17-12-27-19(13(2)3)21(17)18(22)14-9-15(24-4)11-16(10-14)25-5/h9-11,13,17,19H,6-8,12H2,1-5H3/t17-,19-/m1/s1. The van der Waals surface area contributed by atoms with Gasteiger partial charge >= 0.3 is 5.97 Å². The second kappa shape index (κ2) is 9.88. The van der Waals surface area contributed by atoms with E-state index in [9.17, 15) is 9.59 Å². The average molecular weight is 396 g/mol. The molecule has 0 aromatic heterocycles. The second-order valence-electron chi connectivity index (χ2n) is 6.82. The lowest BCUT2D eigenvalue weighted by atomic mass is 10.1. The van der Waals surface area contributed by atoms with Crippen molar-refractivity contribution in [1.82, 2.24) is 4.90 Å². The zero-order valence-corrected chi connectivity index (χ0v) is 17.5. The molecule has 1 saturated heterocycles. The molecule has 1 aliphatic heterocycles. The predicted molar refractivity (Wildman–Crippen MR) is 106 cm³/mol. The van der Waals surface area contributed by atoms with Gasteiger partial charge in [0.05, 0.1) is 26.2 Å². The Kier molecular flexibility index (Phi) is 7.83. The van der Waals surface area contributed by atoms with Crippen molar-refractivity contribution in [3.05, 3.63) is 23.8 Å². The quantitative estimate of drug-likeness (QED) is 0.495. The summed E-state index contributed by atoms with van der Waals surface area (Å²) in [5.74, 6) is 1.27. The van der Waals surface area contributed by atoms with Gasteiger partial charge in [0.25, 0.3) is 5.91 Å². The van der Waals surface area contributed by atoms with E-state index in [2.05, 4.69) is 13.8 Å². The van der Waals surface area contributed by atoms with E-state index in [0.717, 1.165) is 12.8 Å². The average Bonchev–Trinajstić information content (AvgIpc) is 3.12. The summed E-state index contributed by atoms with van der Waals surface area (Å²) in [7, 11) is 3.08. The summed E-state index contributed by atoms with van der Waals surface area (Å²) in [6.07, 6.45) is 1.77. The van der Waals surface area contributed by atoms with Gasteiger partial charge in [0.15, 0.2) is 0 Å². The summed E-state index contributed by atoms with van der Waals surface area (Å²) in [4.78, 5) is 27.6. The third kappa shape index (κ3) is 5.09. The lowest BCUT2D eigenvalue weighted by Gasteiger charge is -2.30. The lowest BCUT2D eigenvalue weighted by molar-refractivity contribution is -0.148. The first-order valence-corrected chi connectivity index (χ1v) is 10.3. The molecule has 1 heterocycles. The van der Waals surface area contributed by atoms with E-state index >= 15 is 0 Å². The van der Waals surface area contributed by atoms with Crippen molar-refractivity contribution in [2.45, 2.75) is 45.0 Å². The molecule has 0 spiro atoms. The highest BCUT2D eigenvalue weighted by atomic mass is 32.2. The van der Waals surface area contributed by atoms with Crippen molar-refractivity contribution in [1.29, 1.82) is 0 Å². The molecule has 2 rings (SSSR count). The number of methoxy groups -OCH3 is 2. The van der Waals surface area contributed by atoms with Crippen molar-refractivity contribution in [2.24, 2.45) is 5.92 Å². The molecule has 6 nitrogen and oxygen atoms in total. The normalized spacial score (nSPS) is 19.3. The number of carbonyl (C=O) groups excluding carboxylic acids is 2. The highest BCUT2D eigenvalue weighted by molar-refractivity contribution is 8.00. The van der Waals surface area contributed by atoms with Crippen LogP contribution in [0.5, 0.6) is 11.5 Å². The fraction of sp³-hybridized carbons (Fsp3) is 0.600. The zero-order chi connectivity index (χ0) is 20.0. The Balaban J connectivity index is 2.31. The molecule has 2 atom stereocenters. The molecule has 0 radical (unpaired) electrons. The van der Waals surface area contributed by atoms with Gasteiger partial charge in [-0.2, -0.15) is 0 Å². The van der Waals surface area contributed by atoms with Crippen molar-refractivity contribution < 1.29 is 23.8 Å². The molecule has 0 N–H and O–H groups in total. The van der Waals surface area contributed by atoms with Crippen LogP contribution >= 0.6 is 11.8 Å². The number of ether oxygens (including phenoxy) is 3. The van der Waals surface area contributed by atoms with E-state index < -0.39 is 6.04 Å². The molecule has 0 bridgehead atoms. The number of thioether (sulfide) groups is 1. The van der Waals surface area contributed by atoms with Crippen LogP contribution in [0, 0.1) is 5.92 Å². The fourth-order valence-electron chi connectivity index (χ4n) is 2.97. The Hall–Kier alpha value is -1.89.